The summed E-state index contributed by atoms with van der Waals surface area (Å²) in [4.78, 5) is 23.9. The predicted octanol–water partition coefficient (Wildman–Crippen LogP) is 1.83. The summed E-state index contributed by atoms with van der Waals surface area (Å²) < 4.78 is 0. The van der Waals surface area contributed by atoms with E-state index in [9.17, 15) is 9.59 Å². The molecule has 2 amide bonds. The lowest BCUT2D eigenvalue weighted by atomic mass is 9.68. The van der Waals surface area contributed by atoms with Crippen molar-refractivity contribution in [3.63, 3.8) is 0 Å². The molecule has 18 heavy (non-hydrogen) atoms. The molecular weight excluding hydrogens is 232 g/mol. The van der Waals surface area contributed by atoms with Crippen molar-refractivity contribution in [3.8, 4) is 0 Å². The van der Waals surface area contributed by atoms with Gasteiger partial charge < -0.3 is 15.3 Å². The number of rotatable bonds is 2. The first-order valence-electron chi connectivity index (χ1n) is 6.86. The zero-order chi connectivity index (χ0) is 13.0. The molecule has 0 aromatic rings. The Labute approximate surface area is 108 Å². The average molecular weight is 254 g/mol. The van der Waals surface area contributed by atoms with E-state index >= 15 is 0 Å². The number of nitrogens with one attached hydrogen (secondary N) is 1. The van der Waals surface area contributed by atoms with Crippen LogP contribution >= 0.6 is 0 Å². The van der Waals surface area contributed by atoms with Gasteiger partial charge >= 0.3 is 12.0 Å². The van der Waals surface area contributed by atoms with Gasteiger partial charge in [-0.1, -0.05) is 19.3 Å². The highest BCUT2D eigenvalue weighted by Crippen LogP contribution is 2.44. The van der Waals surface area contributed by atoms with E-state index in [1.807, 2.05) is 0 Å². The lowest BCUT2D eigenvalue weighted by Crippen LogP contribution is -2.48. The van der Waals surface area contributed by atoms with Crippen LogP contribution in [0.5, 0.6) is 0 Å². The van der Waals surface area contributed by atoms with Gasteiger partial charge in [-0.3, -0.25) is 4.79 Å². The minimum atomic E-state index is -0.996. The second-order valence-electron chi connectivity index (χ2n) is 5.60. The lowest BCUT2D eigenvalue weighted by molar-refractivity contribution is -0.135. The summed E-state index contributed by atoms with van der Waals surface area (Å²) in [5.74, 6) is -0.996. The Morgan fingerprint density at radius 3 is 2.22 bits per heavy atom. The number of hydrogen-bond donors (Lipinski definition) is 2. The highest BCUT2D eigenvalue weighted by atomic mass is 16.4. The Balaban J connectivity index is 1.78. The molecule has 1 aliphatic carbocycles. The van der Waals surface area contributed by atoms with E-state index in [4.69, 9.17) is 5.11 Å². The van der Waals surface area contributed by atoms with E-state index in [-0.39, 0.29) is 12.6 Å². The van der Waals surface area contributed by atoms with Gasteiger partial charge in [-0.2, -0.15) is 0 Å². The van der Waals surface area contributed by atoms with Crippen LogP contribution < -0.4 is 5.32 Å². The number of amides is 2. The van der Waals surface area contributed by atoms with Crippen LogP contribution in [0.3, 0.4) is 0 Å². The Morgan fingerprint density at radius 1 is 1.06 bits per heavy atom. The monoisotopic (exact) mass is 254 g/mol. The van der Waals surface area contributed by atoms with Crippen LogP contribution in [-0.4, -0.2) is 41.6 Å². The van der Waals surface area contributed by atoms with Crippen molar-refractivity contribution >= 4 is 12.0 Å². The van der Waals surface area contributed by atoms with Crippen molar-refractivity contribution in [2.75, 3.05) is 19.6 Å². The first kappa shape index (κ1) is 13.2. The lowest BCUT2D eigenvalue weighted by Gasteiger charge is -2.44. The van der Waals surface area contributed by atoms with Crippen LogP contribution in [0.15, 0.2) is 0 Å². The second-order valence-corrected chi connectivity index (χ2v) is 5.60. The van der Waals surface area contributed by atoms with Crippen LogP contribution in [0.25, 0.3) is 0 Å². The molecule has 2 aliphatic rings. The molecule has 1 spiro atoms. The van der Waals surface area contributed by atoms with Crippen molar-refractivity contribution < 1.29 is 14.7 Å². The molecule has 2 rings (SSSR count). The highest BCUT2D eigenvalue weighted by molar-refractivity contribution is 5.79. The van der Waals surface area contributed by atoms with E-state index in [0.29, 0.717) is 5.41 Å². The topological polar surface area (TPSA) is 69.6 Å². The zero-order valence-electron chi connectivity index (χ0n) is 10.8. The summed E-state index contributed by atoms with van der Waals surface area (Å²) in [6.45, 7) is 1.25. The van der Waals surface area contributed by atoms with Crippen LogP contribution in [0, 0.1) is 5.41 Å². The predicted molar refractivity (Wildman–Crippen MR) is 67.4 cm³/mol. The molecule has 0 bridgehead atoms. The van der Waals surface area contributed by atoms with Gasteiger partial charge in [0, 0.05) is 13.1 Å². The van der Waals surface area contributed by atoms with Gasteiger partial charge in [0.2, 0.25) is 0 Å². The fourth-order valence-corrected chi connectivity index (χ4v) is 3.25. The summed E-state index contributed by atoms with van der Waals surface area (Å²) in [6.07, 6.45) is 8.76. The number of piperidine rings is 1. The molecule has 0 unspecified atom stereocenters. The van der Waals surface area contributed by atoms with Gasteiger partial charge in [0.05, 0.1) is 0 Å². The molecule has 2 fully saturated rings. The maximum atomic E-state index is 11.7. The van der Waals surface area contributed by atoms with E-state index in [2.05, 4.69) is 5.32 Å². The van der Waals surface area contributed by atoms with Crippen molar-refractivity contribution in [2.24, 2.45) is 5.41 Å². The molecule has 5 heteroatoms. The van der Waals surface area contributed by atoms with E-state index in [0.717, 1.165) is 25.9 Å². The van der Waals surface area contributed by atoms with Crippen LogP contribution in [0.4, 0.5) is 4.79 Å². The Hall–Kier alpha value is -1.26. The van der Waals surface area contributed by atoms with Gasteiger partial charge in [-0.05, 0) is 31.1 Å². The molecule has 2 N–H and O–H groups in total. The molecule has 1 saturated heterocycles. The number of hydrogen-bond acceptors (Lipinski definition) is 2. The summed E-state index contributed by atoms with van der Waals surface area (Å²) >= 11 is 0. The van der Waals surface area contributed by atoms with E-state index < -0.39 is 5.97 Å². The SMILES string of the molecule is O=C(O)CNC(=O)N1CCC2(CCCCC2)CC1. The molecule has 0 aromatic heterocycles. The van der Waals surface area contributed by atoms with E-state index in [1.54, 1.807) is 4.90 Å². The summed E-state index contributed by atoms with van der Waals surface area (Å²) in [6, 6.07) is -0.233. The third-order valence-corrected chi connectivity index (χ3v) is 4.42. The van der Waals surface area contributed by atoms with Crippen LogP contribution in [0.1, 0.15) is 44.9 Å². The molecule has 5 nitrogen and oxygen atoms in total. The first-order valence-corrected chi connectivity index (χ1v) is 6.86. The number of likely N-dealkylation sites (tertiary alicyclic amines) is 1. The number of carbonyl (C=O) groups excluding carboxylic acids is 1. The summed E-state index contributed by atoms with van der Waals surface area (Å²) in [7, 11) is 0. The minimum Gasteiger partial charge on any atom is -0.480 e. The highest BCUT2D eigenvalue weighted by Gasteiger charge is 2.36. The van der Waals surface area contributed by atoms with Gasteiger partial charge in [-0.15, -0.1) is 0 Å². The zero-order valence-corrected chi connectivity index (χ0v) is 10.8. The molecule has 1 heterocycles. The van der Waals surface area contributed by atoms with Gasteiger partial charge in [0.25, 0.3) is 0 Å². The molecule has 1 aliphatic heterocycles. The number of carboxylic acids is 1. The van der Waals surface area contributed by atoms with Crippen molar-refractivity contribution in [3.05, 3.63) is 0 Å². The number of nitrogens with zero attached hydrogens (tertiary/aromatic N) is 1. The smallest absolute Gasteiger partial charge is 0.323 e. The van der Waals surface area contributed by atoms with Gasteiger partial charge in [-0.25, -0.2) is 4.79 Å². The van der Waals surface area contributed by atoms with Gasteiger partial charge in [0.1, 0.15) is 6.54 Å². The first-order chi connectivity index (χ1) is 8.61. The normalized spacial score (nSPS) is 22.8. The Kier molecular flexibility index (Phi) is 4.09. The van der Waals surface area contributed by atoms with Crippen molar-refractivity contribution in [1.29, 1.82) is 0 Å². The number of carbonyl (C=O) groups is 2. The quantitative estimate of drug-likeness (QED) is 0.789. The molecular formula is C13H22N2O3. The molecule has 1 saturated carbocycles. The molecule has 0 atom stereocenters. The molecule has 0 aromatic carbocycles. The average Bonchev–Trinajstić information content (AvgIpc) is 2.38. The third-order valence-electron chi connectivity index (χ3n) is 4.42. The van der Waals surface area contributed by atoms with Crippen molar-refractivity contribution in [2.45, 2.75) is 44.9 Å². The van der Waals surface area contributed by atoms with Crippen LogP contribution in [-0.2, 0) is 4.79 Å². The largest absolute Gasteiger partial charge is 0.480 e. The fourth-order valence-electron chi connectivity index (χ4n) is 3.25. The number of carboxylic acid groups (broad SMARTS) is 1. The Morgan fingerprint density at radius 2 is 1.67 bits per heavy atom. The maximum absolute atomic E-state index is 11.7. The van der Waals surface area contributed by atoms with Crippen molar-refractivity contribution in [1.82, 2.24) is 10.2 Å². The Bertz CT molecular complexity index is 314. The van der Waals surface area contributed by atoms with E-state index in [1.165, 1.54) is 32.1 Å². The minimum absolute atomic E-state index is 0.233. The standard InChI is InChI=1S/C13H22N2O3/c16-11(17)10-14-12(18)15-8-6-13(7-9-15)4-2-1-3-5-13/h1-10H2,(H,14,18)(H,16,17). The third kappa shape index (κ3) is 3.15. The maximum Gasteiger partial charge on any atom is 0.323 e. The fraction of sp³-hybridized carbons (Fsp3) is 0.846. The van der Waals surface area contributed by atoms with Gasteiger partial charge in [0.15, 0.2) is 0 Å². The second kappa shape index (κ2) is 5.59. The summed E-state index contributed by atoms with van der Waals surface area (Å²) in [5, 5.41) is 11.0. The molecule has 0 radical (unpaired) electrons. The molecule has 102 valence electrons. The summed E-state index contributed by atoms with van der Waals surface area (Å²) in [5.41, 5.74) is 0.474. The van der Waals surface area contributed by atoms with Crippen LogP contribution in [0.2, 0.25) is 0 Å². The number of urea groups is 1. The number of aliphatic carboxylic acids is 1.